The molecule has 1 N–H and O–H groups in total. The van der Waals surface area contributed by atoms with Crippen LogP contribution in [0.5, 0.6) is 0 Å². The van der Waals surface area contributed by atoms with Gasteiger partial charge in [-0.05, 0) is 12.1 Å². The topological polar surface area (TPSA) is 78.2 Å². The van der Waals surface area contributed by atoms with Crippen molar-refractivity contribution < 1.29 is 9.53 Å². The summed E-state index contributed by atoms with van der Waals surface area (Å²) in [4.78, 5) is 19.3. The fraction of sp³-hybridized carbons (Fsp3) is 0.353. The van der Waals surface area contributed by atoms with Crippen LogP contribution >= 0.6 is 0 Å². The summed E-state index contributed by atoms with van der Waals surface area (Å²) < 4.78 is 5.37. The van der Waals surface area contributed by atoms with Gasteiger partial charge in [0.1, 0.15) is 5.82 Å². The zero-order valence-electron chi connectivity index (χ0n) is 12.8. The molecule has 118 valence electrons. The molecule has 0 radical (unpaired) electrons. The van der Waals surface area contributed by atoms with Gasteiger partial charge in [-0.25, -0.2) is 4.98 Å². The average Bonchev–Trinajstić information content (AvgIpc) is 2.61. The molecule has 1 amide bonds. The molecule has 1 saturated heterocycles. The lowest BCUT2D eigenvalue weighted by molar-refractivity contribution is 0.0956. The van der Waals surface area contributed by atoms with Gasteiger partial charge in [0.25, 0.3) is 5.91 Å². The maximum absolute atomic E-state index is 12.5. The molecule has 2 aromatic rings. The quantitative estimate of drug-likeness (QED) is 0.870. The number of carbonyl (C=O) groups is 1. The summed E-state index contributed by atoms with van der Waals surface area (Å²) in [7, 11) is 0. The Hall–Kier alpha value is -2.65. The van der Waals surface area contributed by atoms with Gasteiger partial charge in [-0.2, -0.15) is 5.26 Å². The van der Waals surface area contributed by atoms with E-state index in [1.54, 1.807) is 0 Å². The monoisotopic (exact) mass is 310 g/mol. The van der Waals surface area contributed by atoms with Crippen molar-refractivity contribution in [1.29, 1.82) is 5.26 Å². The molecule has 0 saturated carbocycles. The van der Waals surface area contributed by atoms with Crippen LogP contribution in [0, 0.1) is 11.3 Å². The molecule has 1 aromatic heterocycles. The first-order chi connectivity index (χ1) is 11.3. The minimum absolute atomic E-state index is 0.173. The van der Waals surface area contributed by atoms with Gasteiger partial charge >= 0.3 is 0 Å². The first kappa shape index (κ1) is 15.3. The number of morpholine rings is 1. The standard InChI is InChI=1S/C17H18N4O2/c18-6-3-7-19-17(22)14-12-16(21-8-10-23-11-9-21)20-15-5-2-1-4-13(14)15/h1-2,4-5,12H,3,7-11H2,(H,19,22). The number of ether oxygens (including phenoxy) is 1. The van der Waals surface area contributed by atoms with Crippen molar-refractivity contribution >= 4 is 22.6 Å². The summed E-state index contributed by atoms with van der Waals surface area (Å²) in [6.45, 7) is 3.21. The van der Waals surface area contributed by atoms with Crippen LogP contribution in [0.1, 0.15) is 16.8 Å². The molecule has 23 heavy (non-hydrogen) atoms. The highest BCUT2D eigenvalue weighted by Crippen LogP contribution is 2.23. The zero-order chi connectivity index (χ0) is 16.1. The summed E-state index contributed by atoms with van der Waals surface area (Å²) in [6, 6.07) is 11.5. The van der Waals surface area contributed by atoms with E-state index < -0.39 is 0 Å². The lowest BCUT2D eigenvalue weighted by Gasteiger charge is -2.28. The second-order valence-electron chi connectivity index (χ2n) is 5.31. The molecule has 6 nitrogen and oxygen atoms in total. The molecule has 2 heterocycles. The van der Waals surface area contributed by atoms with E-state index in [2.05, 4.69) is 15.2 Å². The third-order valence-electron chi connectivity index (χ3n) is 3.80. The predicted molar refractivity (Wildman–Crippen MR) is 87.3 cm³/mol. The van der Waals surface area contributed by atoms with Gasteiger partial charge in [0.05, 0.1) is 36.8 Å². The van der Waals surface area contributed by atoms with Crippen molar-refractivity contribution in [2.75, 3.05) is 37.7 Å². The molecule has 0 bridgehead atoms. The molecule has 1 aliphatic rings. The maximum Gasteiger partial charge on any atom is 0.252 e. The van der Waals surface area contributed by atoms with Crippen LogP contribution in [0.4, 0.5) is 5.82 Å². The van der Waals surface area contributed by atoms with Gasteiger partial charge < -0.3 is 15.0 Å². The highest BCUT2D eigenvalue weighted by molar-refractivity contribution is 6.07. The number of nitrogens with zero attached hydrogens (tertiary/aromatic N) is 3. The highest BCUT2D eigenvalue weighted by atomic mass is 16.5. The van der Waals surface area contributed by atoms with E-state index in [4.69, 9.17) is 10.00 Å². The van der Waals surface area contributed by atoms with Gasteiger partial charge in [0.2, 0.25) is 0 Å². The van der Waals surface area contributed by atoms with Gasteiger partial charge in [-0.1, -0.05) is 18.2 Å². The molecule has 1 aromatic carbocycles. The molecule has 1 aliphatic heterocycles. The van der Waals surface area contributed by atoms with Crippen LogP contribution in [0.15, 0.2) is 30.3 Å². The Bertz CT molecular complexity index is 748. The number of carbonyl (C=O) groups excluding carboxylic acids is 1. The molecular formula is C17H18N4O2. The van der Waals surface area contributed by atoms with Crippen LogP contribution in [-0.2, 0) is 4.74 Å². The first-order valence-electron chi connectivity index (χ1n) is 7.67. The summed E-state index contributed by atoms with van der Waals surface area (Å²) in [5.41, 5.74) is 1.39. The van der Waals surface area contributed by atoms with Gasteiger partial charge in [-0.3, -0.25) is 4.79 Å². The molecule has 3 rings (SSSR count). The van der Waals surface area contributed by atoms with E-state index in [-0.39, 0.29) is 5.91 Å². The van der Waals surface area contributed by atoms with Crippen LogP contribution in [0.25, 0.3) is 10.9 Å². The molecule has 0 atom stereocenters. The lowest BCUT2D eigenvalue weighted by atomic mass is 10.1. The Kier molecular flexibility index (Phi) is 4.69. The van der Waals surface area contributed by atoms with Crippen LogP contribution in [0.2, 0.25) is 0 Å². The highest BCUT2D eigenvalue weighted by Gasteiger charge is 2.17. The second-order valence-corrected chi connectivity index (χ2v) is 5.31. The smallest absolute Gasteiger partial charge is 0.252 e. The molecule has 6 heteroatoms. The van der Waals surface area contributed by atoms with E-state index in [9.17, 15) is 4.79 Å². The summed E-state index contributed by atoms with van der Waals surface area (Å²) in [6.07, 6.45) is 0.297. The molecule has 1 fully saturated rings. The number of amides is 1. The number of nitriles is 1. The van der Waals surface area contributed by atoms with E-state index in [0.29, 0.717) is 31.7 Å². The molecule has 0 aliphatic carbocycles. The molecular weight excluding hydrogens is 292 g/mol. The van der Waals surface area contributed by atoms with Crippen LogP contribution in [0.3, 0.4) is 0 Å². The Labute approximate surface area is 134 Å². The number of anilines is 1. The maximum atomic E-state index is 12.5. The second kappa shape index (κ2) is 7.07. The number of fused-ring (bicyclic) bond motifs is 1. The summed E-state index contributed by atoms with van der Waals surface area (Å²) in [5, 5.41) is 12.2. The summed E-state index contributed by atoms with van der Waals surface area (Å²) >= 11 is 0. The molecule has 0 unspecified atom stereocenters. The number of rotatable bonds is 4. The van der Waals surface area contributed by atoms with Gasteiger partial charge in [0.15, 0.2) is 0 Å². The van der Waals surface area contributed by atoms with Crippen molar-refractivity contribution in [3.63, 3.8) is 0 Å². The largest absolute Gasteiger partial charge is 0.378 e. The van der Waals surface area contributed by atoms with Crippen molar-refractivity contribution in [1.82, 2.24) is 10.3 Å². The Morgan fingerprint density at radius 1 is 1.35 bits per heavy atom. The Morgan fingerprint density at radius 3 is 2.91 bits per heavy atom. The van der Waals surface area contributed by atoms with Gasteiger partial charge in [-0.15, -0.1) is 0 Å². The van der Waals surface area contributed by atoms with E-state index in [0.717, 1.165) is 29.8 Å². The SMILES string of the molecule is N#CCCNC(=O)c1cc(N2CCOCC2)nc2ccccc12. The van der Waals surface area contributed by atoms with Crippen LogP contribution < -0.4 is 10.2 Å². The van der Waals surface area contributed by atoms with Gasteiger partial charge in [0, 0.05) is 25.0 Å². The Balaban J connectivity index is 1.97. The third kappa shape index (κ3) is 3.41. The van der Waals surface area contributed by atoms with Crippen LogP contribution in [-0.4, -0.2) is 43.7 Å². The molecule has 0 spiro atoms. The third-order valence-corrected chi connectivity index (χ3v) is 3.80. The lowest BCUT2D eigenvalue weighted by Crippen LogP contribution is -2.37. The van der Waals surface area contributed by atoms with Crippen molar-refractivity contribution in [2.24, 2.45) is 0 Å². The van der Waals surface area contributed by atoms with Crippen molar-refractivity contribution in [3.05, 3.63) is 35.9 Å². The average molecular weight is 310 g/mol. The van der Waals surface area contributed by atoms with E-state index >= 15 is 0 Å². The first-order valence-corrected chi connectivity index (χ1v) is 7.67. The fourth-order valence-electron chi connectivity index (χ4n) is 2.63. The number of hydrogen-bond acceptors (Lipinski definition) is 5. The van der Waals surface area contributed by atoms with E-state index in [1.807, 2.05) is 36.4 Å². The number of hydrogen-bond donors (Lipinski definition) is 1. The normalized spacial score (nSPS) is 14.5. The summed E-state index contributed by atoms with van der Waals surface area (Å²) in [5.74, 6) is 0.616. The van der Waals surface area contributed by atoms with E-state index in [1.165, 1.54) is 0 Å². The number of pyridine rings is 1. The minimum atomic E-state index is -0.173. The predicted octanol–water partition coefficient (Wildman–Crippen LogP) is 1.71. The number of nitrogens with one attached hydrogen (secondary N) is 1. The van der Waals surface area contributed by atoms with Crippen molar-refractivity contribution in [3.8, 4) is 6.07 Å². The van der Waals surface area contributed by atoms with Crippen molar-refractivity contribution in [2.45, 2.75) is 6.42 Å². The zero-order valence-corrected chi connectivity index (χ0v) is 12.8. The Morgan fingerprint density at radius 2 is 2.13 bits per heavy atom. The minimum Gasteiger partial charge on any atom is -0.378 e. The number of para-hydroxylation sites is 1. The number of benzene rings is 1. The number of aromatic nitrogens is 1. The fourth-order valence-corrected chi connectivity index (χ4v) is 2.63.